The Hall–Kier alpha value is -2.02. The SMILES string of the molecule is NC(=O)c1ccccn1.NC(=S)NC=O. The minimum absolute atomic E-state index is 0.00463. The van der Waals surface area contributed by atoms with Gasteiger partial charge in [0.2, 0.25) is 6.41 Å². The molecule has 15 heavy (non-hydrogen) atoms. The van der Waals surface area contributed by atoms with Crippen molar-refractivity contribution in [3.05, 3.63) is 30.1 Å². The highest BCUT2D eigenvalue weighted by molar-refractivity contribution is 7.80. The molecule has 5 N–H and O–H groups in total. The van der Waals surface area contributed by atoms with Gasteiger partial charge >= 0.3 is 0 Å². The van der Waals surface area contributed by atoms with Crippen LogP contribution in [0.25, 0.3) is 0 Å². The lowest BCUT2D eigenvalue weighted by Crippen LogP contribution is -2.27. The van der Waals surface area contributed by atoms with E-state index < -0.39 is 5.91 Å². The molecule has 80 valence electrons. The third-order valence-electron chi connectivity index (χ3n) is 1.12. The van der Waals surface area contributed by atoms with E-state index in [-0.39, 0.29) is 5.11 Å². The maximum atomic E-state index is 10.4. The van der Waals surface area contributed by atoms with E-state index in [4.69, 9.17) is 11.5 Å². The maximum Gasteiger partial charge on any atom is 0.267 e. The molecular formula is C8H10N4O2S. The Morgan fingerprint density at radius 2 is 2.13 bits per heavy atom. The number of hydrogen-bond acceptors (Lipinski definition) is 4. The summed E-state index contributed by atoms with van der Waals surface area (Å²) in [5, 5.41) is 2.04. The number of thiocarbonyl (C=S) groups is 1. The molecule has 0 fully saturated rings. The first-order valence-electron chi connectivity index (χ1n) is 3.78. The van der Waals surface area contributed by atoms with Gasteiger partial charge in [0.25, 0.3) is 5.91 Å². The van der Waals surface area contributed by atoms with Crippen LogP contribution in [0.5, 0.6) is 0 Å². The number of nitrogens with one attached hydrogen (secondary N) is 1. The quantitative estimate of drug-likeness (QED) is 0.449. The molecule has 0 aliphatic rings. The normalized spacial score (nSPS) is 8.00. The smallest absolute Gasteiger partial charge is 0.267 e. The van der Waals surface area contributed by atoms with Gasteiger partial charge in [-0.2, -0.15) is 0 Å². The second-order valence-electron chi connectivity index (χ2n) is 2.21. The molecule has 0 aromatic carbocycles. The number of aromatic nitrogens is 1. The van der Waals surface area contributed by atoms with Gasteiger partial charge in [-0.15, -0.1) is 0 Å². The highest BCUT2D eigenvalue weighted by Gasteiger charge is 1.95. The van der Waals surface area contributed by atoms with Crippen molar-refractivity contribution in [3.63, 3.8) is 0 Å². The number of pyridine rings is 1. The molecule has 1 aromatic heterocycles. The van der Waals surface area contributed by atoms with E-state index in [1.165, 1.54) is 6.20 Å². The average Bonchev–Trinajstić information content (AvgIpc) is 2.20. The summed E-state index contributed by atoms with van der Waals surface area (Å²) in [7, 11) is 0. The Balaban J connectivity index is 0.000000288. The Labute approximate surface area is 91.7 Å². The Morgan fingerprint density at radius 1 is 1.47 bits per heavy atom. The van der Waals surface area contributed by atoms with Crippen LogP contribution in [0.4, 0.5) is 0 Å². The topological polar surface area (TPSA) is 111 Å². The van der Waals surface area contributed by atoms with Crippen molar-refractivity contribution in [2.75, 3.05) is 0 Å². The summed E-state index contributed by atoms with van der Waals surface area (Å²) in [6.45, 7) is 0. The number of carbonyl (C=O) groups is 2. The van der Waals surface area contributed by atoms with Crippen LogP contribution in [0.2, 0.25) is 0 Å². The second-order valence-corrected chi connectivity index (χ2v) is 2.65. The van der Waals surface area contributed by atoms with Gasteiger partial charge in [0.15, 0.2) is 5.11 Å². The van der Waals surface area contributed by atoms with E-state index in [0.717, 1.165) is 0 Å². The molecule has 1 heterocycles. The summed E-state index contributed by atoms with van der Waals surface area (Å²) in [6, 6.07) is 5.02. The van der Waals surface area contributed by atoms with Crippen molar-refractivity contribution in [2.45, 2.75) is 0 Å². The fourth-order valence-electron chi connectivity index (χ4n) is 0.567. The molecule has 0 unspecified atom stereocenters. The van der Waals surface area contributed by atoms with Crippen molar-refractivity contribution < 1.29 is 9.59 Å². The van der Waals surface area contributed by atoms with Crippen LogP contribution < -0.4 is 16.8 Å². The van der Waals surface area contributed by atoms with Gasteiger partial charge < -0.3 is 16.8 Å². The Morgan fingerprint density at radius 3 is 2.33 bits per heavy atom. The van der Waals surface area contributed by atoms with Gasteiger partial charge in [-0.25, -0.2) is 0 Å². The lowest BCUT2D eigenvalue weighted by molar-refractivity contribution is -0.108. The molecule has 1 rings (SSSR count). The molecule has 7 heteroatoms. The monoisotopic (exact) mass is 226 g/mol. The number of amides is 2. The van der Waals surface area contributed by atoms with Crippen molar-refractivity contribution in [1.82, 2.24) is 10.3 Å². The Bertz CT molecular complexity index is 342. The standard InChI is InChI=1S/C6H6N2O.C2H4N2OS/c7-6(9)5-3-1-2-4-8-5;3-2(6)4-1-5/h1-4H,(H2,7,9);1H,(H3,3,4,5,6). The van der Waals surface area contributed by atoms with Crippen molar-refractivity contribution in [3.8, 4) is 0 Å². The van der Waals surface area contributed by atoms with Crippen LogP contribution in [-0.4, -0.2) is 22.4 Å². The molecule has 0 atom stereocenters. The summed E-state index contributed by atoms with van der Waals surface area (Å²) >= 11 is 4.23. The fourth-order valence-corrected chi connectivity index (χ4v) is 0.615. The summed E-state index contributed by atoms with van der Waals surface area (Å²) < 4.78 is 0. The first kappa shape index (κ1) is 13.0. The van der Waals surface area contributed by atoms with Gasteiger partial charge in [0.1, 0.15) is 5.69 Å². The predicted molar refractivity (Wildman–Crippen MR) is 58.7 cm³/mol. The number of hydrogen-bond donors (Lipinski definition) is 3. The predicted octanol–water partition coefficient (Wildman–Crippen LogP) is -0.844. The van der Waals surface area contributed by atoms with Crippen molar-refractivity contribution >= 4 is 29.6 Å². The molecule has 2 amide bonds. The van der Waals surface area contributed by atoms with Crippen LogP contribution in [0.3, 0.4) is 0 Å². The van der Waals surface area contributed by atoms with Gasteiger partial charge in [0, 0.05) is 6.20 Å². The van der Waals surface area contributed by atoms with Crippen LogP contribution in [-0.2, 0) is 4.79 Å². The number of nitrogens with two attached hydrogens (primary N) is 2. The third kappa shape index (κ3) is 7.08. The Kier molecular flexibility index (Phi) is 6.39. The van der Waals surface area contributed by atoms with Crippen LogP contribution in [0, 0.1) is 0 Å². The molecule has 0 aliphatic carbocycles. The number of rotatable bonds is 2. The molecule has 0 saturated heterocycles. The van der Waals surface area contributed by atoms with E-state index in [1.807, 2.05) is 5.32 Å². The van der Waals surface area contributed by atoms with Crippen molar-refractivity contribution in [2.24, 2.45) is 11.5 Å². The zero-order valence-corrected chi connectivity index (χ0v) is 8.53. The van der Waals surface area contributed by atoms with E-state index >= 15 is 0 Å². The molecule has 0 spiro atoms. The van der Waals surface area contributed by atoms with E-state index in [9.17, 15) is 9.59 Å². The minimum atomic E-state index is -0.490. The molecule has 0 bridgehead atoms. The highest BCUT2D eigenvalue weighted by atomic mass is 32.1. The largest absolute Gasteiger partial charge is 0.376 e. The minimum Gasteiger partial charge on any atom is -0.376 e. The average molecular weight is 226 g/mol. The zero-order chi connectivity index (χ0) is 11.7. The summed E-state index contributed by atoms with van der Waals surface area (Å²) in [6.07, 6.45) is 1.96. The van der Waals surface area contributed by atoms with Gasteiger partial charge in [-0.1, -0.05) is 6.07 Å². The zero-order valence-electron chi connectivity index (χ0n) is 7.71. The van der Waals surface area contributed by atoms with Crippen molar-refractivity contribution in [1.29, 1.82) is 0 Å². The lowest BCUT2D eigenvalue weighted by atomic mass is 10.3. The van der Waals surface area contributed by atoms with Gasteiger partial charge in [0.05, 0.1) is 0 Å². The van der Waals surface area contributed by atoms with Gasteiger partial charge in [-0.3, -0.25) is 14.6 Å². The second kappa shape index (κ2) is 7.39. The molecule has 0 aliphatic heterocycles. The molecule has 1 aromatic rings. The lowest BCUT2D eigenvalue weighted by Gasteiger charge is -1.88. The first-order chi connectivity index (χ1) is 7.07. The van der Waals surface area contributed by atoms with Crippen LogP contribution in [0.15, 0.2) is 24.4 Å². The highest BCUT2D eigenvalue weighted by Crippen LogP contribution is 1.88. The van der Waals surface area contributed by atoms with E-state index in [1.54, 1.807) is 18.2 Å². The van der Waals surface area contributed by atoms with Gasteiger partial charge in [-0.05, 0) is 24.4 Å². The molecular weight excluding hydrogens is 216 g/mol. The summed E-state index contributed by atoms with van der Waals surface area (Å²) in [4.78, 5) is 23.4. The fraction of sp³-hybridized carbons (Fsp3) is 0. The molecule has 0 radical (unpaired) electrons. The molecule has 0 saturated carbocycles. The molecule has 6 nitrogen and oxygen atoms in total. The van der Waals surface area contributed by atoms with Crippen LogP contribution >= 0.6 is 12.2 Å². The third-order valence-corrected chi connectivity index (χ3v) is 1.24. The first-order valence-corrected chi connectivity index (χ1v) is 4.19. The van der Waals surface area contributed by atoms with E-state index in [2.05, 4.69) is 17.2 Å². The number of nitrogens with zero attached hydrogens (tertiary/aromatic N) is 1. The number of primary amides is 1. The van der Waals surface area contributed by atoms with E-state index in [0.29, 0.717) is 12.1 Å². The van der Waals surface area contributed by atoms with Crippen LogP contribution in [0.1, 0.15) is 10.5 Å². The number of carbonyl (C=O) groups excluding carboxylic acids is 2. The summed E-state index contributed by atoms with van der Waals surface area (Å²) in [5.41, 5.74) is 10.0. The summed E-state index contributed by atoms with van der Waals surface area (Å²) in [5.74, 6) is -0.490. The maximum absolute atomic E-state index is 10.4.